The van der Waals surface area contributed by atoms with Gasteiger partial charge in [-0.25, -0.2) is 22.2 Å². The van der Waals surface area contributed by atoms with Gasteiger partial charge in [0.2, 0.25) is 0 Å². The van der Waals surface area contributed by atoms with Gasteiger partial charge in [-0.15, -0.1) is 0 Å². The molecule has 0 saturated carbocycles. The normalized spacial score (nSPS) is 11.9. The lowest BCUT2D eigenvalue weighted by atomic mass is 10.3. The molecule has 0 bridgehead atoms. The van der Waals surface area contributed by atoms with Crippen LogP contribution in [0.25, 0.3) is 0 Å². The summed E-state index contributed by atoms with van der Waals surface area (Å²) in [6.07, 6.45) is -0.663. The molecule has 2 aromatic heterocycles. The molecule has 1 N–H and O–H groups in total. The molecule has 0 aromatic carbocycles. The first-order valence-electron chi connectivity index (χ1n) is 5.67. The van der Waals surface area contributed by atoms with Gasteiger partial charge < -0.3 is 0 Å². The fraction of sp³-hybridized carbons (Fsp3) is 0.273. The van der Waals surface area contributed by atoms with E-state index >= 15 is 0 Å². The van der Waals surface area contributed by atoms with Gasteiger partial charge in [-0.2, -0.15) is 5.10 Å². The van der Waals surface area contributed by atoms with Crippen molar-refractivity contribution in [2.75, 3.05) is 4.72 Å². The van der Waals surface area contributed by atoms with Crippen molar-refractivity contribution in [2.24, 2.45) is 7.05 Å². The van der Waals surface area contributed by atoms with Crippen LogP contribution in [0.4, 0.5) is 14.5 Å². The number of pyridine rings is 1. The number of aryl methyl sites for hydroxylation is 2. The van der Waals surface area contributed by atoms with Gasteiger partial charge in [0.25, 0.3) is 16.4 Å². The smallest absolute Gasteiger partial charge is 0.276 e. The number of halogens is 3. The summed E-state index contributed by atoms with van der Waals surface area (Å²) >= 11 is 5.66. The van der Waals surface area contributed by atoms with Crippen molar-refractivity contribution >= 4 is 27.3 Å². The van der Waals surface area contributed by atoms with Crippen molar-refractivity contribution in [3.05, 3.63) is 34.9 Å². The van der Waals surface area contributed by atoms with E-state index in [-0.39, 0.29) is 15.7 Å². The van der Waals surface area contributed by atoms with Crippen LogP contribution in [0.2, 0.25) is 5.15 Å². The van der Waals surface area contributed by atoms with Gasteiger partial charge in [0.15, 0.2) is 5.69 Å². The number of aromatic nitrogens is 3. The maximum absolute atomic E-state index is 12.8. The minimum absolute atomic E-state index is 0.140. The lowest BCUT2D eigenvalue weighted by Gasteiger charge is -2.09. The van der Waals surface area contributed by atoms with Crippen LogP contribution in [0.1, 0.15) is 17.7 Å². The van der Waals surface area contributed by atoms with E-state index in [0.717, 1.165) is 17.1 Å². The van der Waals surface area contributed by atoms with E-state index in [4.69, 9.17) is 11.6 Å². The zero-order valence-corrected chi connectivity index (χ0v) is 12.6. The highest BCUT2D eigenvalue weighted by molar-refractivity contribution is 7.92. The summed E-state index contributed by atoms with van der Waals surface area (Å²) in [6.45, 7) is 1.53. The van der Waals surface area contributed by atoms with E-state index in [0.29, 0.717) is 5.56 Å². The SMILES string of the molecule is Cc1cc(Cl)ncc1S(=O)(=O)Nc1cn(C)nc1C(F)F. The lowest BCUT2D eigenvalue weighted by molar-refractivity contribution is 0.146. The zero-order valence-electron chi connectivity index (χ0n) is 11.0. The molecular weight excluding hydrogens is 326 g/mol. The third-order valence-corrected chi connectivity index (χ3v) is 4.33. The molecule has 6 nitrogen and oxygen atoms in total. The van der Waals surface area contributed by atoms with Crippen LogP contribution in [0, 0.1) is 6.92 Å². The predicted octanol–water partition coefficient (Wildman–Crippen LogP) is 2.52. The van der Waals surface area contributed by atoms with Crippen molar-refractivity contribution in [1.29, 1.82) is 0 Å². The Hall–Kier alpha value is -1.74. The zero-order chi connectivity index (χ0) is 15.8. The van der Waals surface area contributed by atoms with E-state index in [1.54, 1.807) is 0 Å². The Labute approximate surface area is 124 Å². The van der Waals surface area contributed by atoms with Gasteiger partial charge in [0.05, 0.1) is 5.69 Å². The molecule has 0 unspecified atom stereocenters. The first-order chi connectivity index (χ1) is 9.70. The summed E-state index contributed by atoms with van der Waals surface area (Å²) in [7, 11) is -2.65. The average molecular weight is 337 g/mol. The Morgan fingerprint density at radius 3 is 2.67 bits per heavy atom. The van der Waals surface area contributed by atoms with Gasteiger partial charge in [-0.05, 0) is 18.6 Å². The highest BCUT2D eigenvalue weighted by atomic mass is 35.5. The quantitative estimate of drug-likeness (QED) is 0.870. The van der Waals surface area contributed by atoms with Crippen molar-refractivity contribution in [3.63, 3.8) is 0 Å². The van der Waals surface area contributed by atoms with E-state index in [2.05, 4.69) is 14.8 Å². The first-order valence-corrected chi connectivity index (χ1v) is 7.53. The maximum Gasteiger partial charge on any atom is 0.284 e. The summed E-state index contributed by atoms with van der Waals surface area (Å²) in [5, 5.41) is 3.67. The van der Waals surface area contributed by atoms with Crippen molar-refractivity contribution < 1.29 is 17.2 Å². The maximum atomic E-state index is 12.8. The third-order valence-electron chi connectivity index (χ3n) is 2.63. The molecule has 0 atom stereocenters. The molecule has 0 fully saturated rings. The first kappa shape index (κ1) is 15.6. The highest BCUT2D eigenvalue weighted by Gasteiger charge is 2.24. The molecule has 0 amide bonds. The van der Waals surface area contributed by atoms with Gasteiger partial charge in [0.1, 0.15) is 10.0 Å². The van der Waals surface area contributed by atoms with E-state index < -0.39 is 22.1 Å². The number of anilines is 1. The second-order valence-corrected chi connectivity index (χ2v) is 6.32. The van der Waals surface area contributed by atoms with Crippen LogP contribution < -0.4 is 4.72 Å². The fourth-order valence-corrected chi connectivity index (χ4v) is 3.18. The van der Waals surface area contributed by atoms with Crippen LogP contribution in [0.3, 0.4) is 0 Å². The molecule has 2 heterocycles. The summed E-state index contributed by atoms with van der Waals surface area (Å²) in [4.78, 5) is 3.55. The van der Waals surface area contributed by atoms with Crippen molar-refractivity contribution in [3.8, 4) is 0 Å². The Balaban J connectivity index is 2.42. The molecule has 0 aliphatic rings. The molecule has 10 heteroatoms. The van der Waals surface area contributed by atoms with Crippen molar-refractivity contribution in [2.45, 2.75) is 18.2 Å². The topological polar surface area (TPSA) is 76.9 Å². The molecule has 2 rings (SSSR count). The molecule has 0 radical (unpaired) electrons. The predicted molar refractivity (Wildman–Crippen MR) is 73.0 cm³/mol. The molecule has 21 heavy (non-hydrogen) atoms. The number of nitrogens with one attached hydrogen (secondary N) is 1. The van der Waals surface area contributed by atoms with Crippen LogP contribution in [0.5, 0.6) is 0 Å². The Morgan fingerprint density at radius 2 is 2.10 bits per heavy atom. The average Bonchev–Trinajstić information content (AvgIpc) is 2.68. The number of hydrogen-bond donors (Lipinski definition) is 1. The van der Waals surface area contributed by atoms with Crippen LogP contribution >= 0.6 is 11.6 Å². The van der Waals surface area contributed by atoms with Crippen LogP contribution in [-0.2, 0) is 17.1 Å². The number of alkyl halides is 2. The van der Waals surface area contributed by atoms with Gasteiger partial charge in [-0.1, -0.05) is 11.6 Å². The van der Waals surface area contributed by atoms with Crippen LogP contribution in [0.15, 0.2) is 23.4 Å². The molecule has 0 aliphatic heterocycles. The summed E-state index contributed by atoms with van der Waals surface area (Å²) in [6, 6.07) is 1.37. The summed E-state index contributed by atoms with van der Waals surface area (Å²) in [5.41, 5.74) is -0.563. The van der Waals surface area contributed by atoms with E-state index in [1.807, 2.05) is 0 Å². The minimum atomic E-state index is -4.06. The highest BCUT2D eigenvalue weighted by Crippen LogP contribution is 2.28. The molecule has 0 spiro atoms. The van der Waals surface area contributed by atoms with E-state index in [1.165, 1.54) is 20.0 Å². The Morgan fingerprint density at radius 1 is 1.43 bits per heavy atom. The van der Waals surface area contributed by atoms with Gasteiger partial charge in [0, 0.05) is 19.4 Å². The fourth-order valence-electron chi connectivity index (χ4n) is 1.74. The monoisotopic (exact) mass is 336 g/mol. The second-order valence-electron chi connectivity index (χ2n) is 4.28. The molecule has 2 aromatic rings. The number of hydrogen-bond acceptors (Lipinski definition) is 4. The Bertz CT molecular complexity index is 777. The second kappa shape index (κ2) is 5.57. The van der Waals surface area contributed by atoms with Gasteiger partial charge in [-0.3, -0.25) is 9.40 Å². The number of rotatable bonds is 4. The molecule has 0 saturated heterocycles. The summed E-state index contributed by atoms with van der Waals surface area (Å²) in [5.74, 6) is 0. The summed E-state index contributed by atoms with van der Waals surface area (Å²) < 4.78 is 53.3. The minimum Gasteiger partial charge on any atom is -0.276 e. The Kier molecular flexibility index (Phi) is 4.15. The number of sulfonamides is 1. The molecular formula is C11H11ClF2N4O2S. The number of nitrogens with zero attached hydrogens (tertiary/aromatic N) is 3. The standard InChI is InChI=1S/C11H11ClF2N4O2S/c1-6-3-9(12)15-4-8(6)21(19,20)17-7-5-18(2)16-10(7)11(13)14/h3-5,11,17H,1-2H3. The third kappa shape index (κ3) is 3.30. The van der Waals surface area contributed by atoms with Crippen molar-refractivity contribution in [1.82, 2.24) is 14.8 Å². The van der Waals surface area contributed by atoms with E-state index in [9.17, 15) is 17.2 Å². The lowest BCUT2D eigenvalue weighted by Crippen LogP contribution is -2.15. The van der Waals surface area contributed by atoms with Crippen LogP contribution in [-0.4, -0.2) is 23.2 Å². The largest absolute Gasteiger partial charge is 0.284 e. The molecule has 114 valence electrons. The van der Waals surface area contributed by atoms with Gasteiger partial charge >= 0.3 is 0 Å². The molecule has 0 aliphatic carbocycles.